The Balaban J connectivity index is 0.000000135. The molecule has 0 spiro atoms. The Morgan fingerprint density at radius 2 is 0.421 bits per heavy atom. The molecule has 0 fully saturated rings. The van der Waals surface area contributed by atoms with Crippen LogP contribution in [0.3, 0.4) is 0 Å². The topological polar surface area (TPSA) is 19.7 Å². The van der Waals surface area contributed by atoms with Crippen molar-refractivity contribution in [2.24, 2.45) is 0 Å². The number of benzene rings is 18. The van der Waals surface area contributed by atoms with Crippen molar-refractivity contribution in [3.8, 4) is 89.5 Å². The van der Waals surface area contributed by atoms with Crippen molar-refractivity contribution in [1.29, 1.82) is 0 Å². The second-order valence-electron chi connectivity index (χ2n) is 29.9. The lowest BCUT2D eigenvalue weighted by molar-refractivity contribution is 1.18. The first-order chi connectivity index (χ1) is 56.5. The molecule has 6 heterocycles. The second-order valence-corrected chi connectivity index (χ2v) is 32.0. The Kier molecular flexibility index (Phi) is 15.3. The molecular formula is C108H68N4S2. The minimum atomic E-state index is 1.16. The maximum atomic E-state index is 2.43. The average molecular weight is 1490 g/mol. The largest absolute Gasteiger partial charge is 0.309 e. The third-order valence-corrected chi connectivity index (χ3v) is 25.7. The van der Waals surface area contributed by atoms with Gasteiger partial charge in [0.25, 0.3) is 0 Å². The summed E-state index contributed by atoms with van der Waals surface area (Å²) < 4.78 is 15.0. The molecule has 18 aromatic carbocycles. The molecule has 6 aromatic heterocycles. The lowest BCUT2D eigenvalue weighted by Gasteiger charge is -2.11. The van der Waals surface area contributed by atoms with E-state index in [1.807, 2.05) is 22.7 Å². The second kappa shape index (κ2) is 26.7. The molecule has 0 bridgehead atoms. The van der Waals surface area contributed by atoms with Gasteiger partial charge >= 0.3 is 0 Å². The average Bonchev–Trinajstić information content (AvgIpc) is 1.59. The summed E-state index contributed by atoms with van der Waals surface area (Å²) in [5.74, 6) is 0. The molecule has 0 aliphatic heterocycles. The number of hydrogen-bond donors (Lipinski definition) is 0. The summed E-state index contributed by atoms with van der Waals surface area (Å²) in [6, 6.07) is 151. The Hall–Kier alpha value is -14.4. The van der Waals surface area contributed by atoms with Gasteiger partial charge in [0.15, 0.2) is 0 Å². The highest BCUT2D eigenvalue weighted by atomic mass is 32.1. The van der Waals surface area contributed by atoms with Gasteiger partial charge < -0.3 is 18.3 Å². The Labute approximate surface area is 665 Å². The molecule has 0 aliphatic rings. The molecule has 114 heavy (non-hydrogen) atoms. The van der Waals surface area contributed by atoms with E-state index in [0.717, 1.165) is 22.7 Å². The van der Waals surface area contributed by atoms with Gasteiger partial charge in [-0.1, -0.05) is 261 Å². The van der Waals surface area contributed by atoms with Gasteiger partial charge in [0.1, 0.15) is 0 Å². The third kappa shape index (κ3) is 10.8. The van der Waals surface area contributed by atoms with E-state index < -0.39 is 0 Å². The highest BCUT2D eigenvalue weighted by Crippen LogP contribution is 2.46. The minimum Gasteiger partial charge on any atom is -0.309 e. The summed E-state index contributed by atoms with van der Waals surface area (Å²) in [4.78, 5) is 0. The van der Waals surface area contributed by atoms with Crippen LogP contribution >= 0.6 is 22.7 Å². The first-order valence-electron chi connectivity index (χ1n) is 39.0. The van der Waals surface area contributed by atoms with Crippen LogP contribution in [0.2, 0.25) is 0 Å². The lowest BCUT2D eigenvalue weighted by atomic mass is 9.99. The van der Waals surface area contributed by atoms with Crippen LogP contribution in [-0.4, -0.2) is 18.3 Å². The van der Waals surface area contributed by atoms with Crippen LogP contribution in [0.15, 0.2) is 413 Å². The van der Waals surface area contributed by atoms with Crippen molar-refractivity contribution in [3.05, 3.63) is 413 Å². The maximum absolute atomic E-state index is 2.43. The van der Waals surface area contributed by atoms with Gasteiger partial charge in [-0.05, 0) is 218 Å². The number of aromatic nitrogens is 4. The van der Waals surface area contributed by atoms with Crippen LogP contribution in [0.5, 0.6) is 0 Å². The molecule has 0 radical (unpaired) electrons. The highest BCUT2D eigenvalue weighted by Gasteiger charge is 2.22. The third-order valence-electron chi connectivity index (χ3n) is 23.5. The van der Waals surface area contributed by atoms with Crippen LogP contribution in [0.1, 0.15) is 0 Å². The molecule has 0 unspecified atom stereocenters. The predicted molar refractivity (Wildman–Crippen MR) is 489 cm³/mol. The molecule has 0 amide bonds. The van der Waals surface area contributed by atoms with Crippen LogP contribution in [-0.2, 0) is 0 Å². The molecule has 24 rings (SSSR count). The zero-order valence-electron chi connectivity index (χ0n) is 61.9. The normalized spacial score (nSPS) is 11.9. The summed E-state index contributed by atoms with van der Waals surface area (Å²) in [7, 11) is 0. The highest BCUT2D eigenvalue weighted by molar-refractivity contribution is 7.26. The molecule has 0 saturated heterocycles. The van der Waals surface area contributed by atoms with Crippen molar-refractivity contribution in [3.63, 3.8) is 0 Å². The van der Waals surface area contributed by atoms with E-state index in [1.165, 1.54) is 194 Å². The van der Waals surface area contributed by atoms with Crippen LogP contribution < -0.4 is 0 Å². The van der Waals surface area contributed by atoms with Gasteiger partial charge in [0.05, 0.1) is 44.1 Å². The molecule has 0 aliphatic carbocycles. The Morgan fingerprint density at radius 1 is 0.140 bits per heavy atom. The number of nitrogens with zero attached hydrogens (tertiary/aromatic N) is 4. The van der Waals surface area contributed by atoms with Crippen LogP contribution in [0.4, 0.5) is 0 Å². The molecule has 0 N–H and O–H groups in total. The fraction of sp³-hybridized carbons (Fsp3) is 0. The van der Waals surface area contributed by atoms with E-state index in [4.69, 9.17) is 0 Å². The van der Waals surface area contributed by atoms with Crippen LogP contribution in [0, 0.1) is 0 Å². The lowest BCUT2D eigenvalue weighted by Crippen LogP contribution is -1.94. The fourth-order valence-corrected chi connectivity index (χ4v) is 20.4. The number of fused-ring (bicyclic) bond motifs is 18. The molecule has 4 nitrogen and oxygen atoms in total. The summed E-state index contributed by atoms with van der Waals surface area (Å²) in [5, 5.41) is 15.3. The molecular weight excluding hydrogens is 1420 g/mol. The zero-order valence-corrected chi connectivity index (χ0v) is 63.5. The van der Waals surface area contributed by atoms with E-state index in [2.05, 4.69) is 431 Å². The van der Waals surface area contributed by atoms with E-state index in [0.29, 0.717) is 0 Å². The fourth-order valence-electron chi connectivity index (χ4n) is 18.1. The van der Waals surface area contributed by atoms with Crippen LogP contribution in [0.25, 0.3) is 217 Å². The molecule has 24 aromatic rings. The number of rotatable bonds is 10. The maximum Gasteiger partial charge on any atom is 0.0541 e. The zero-order chi connectivity index (χ0) is 74.9. The van der Waals surface area contributed by atoms with Crippen molar-refractivity contribution in [2.45, 2.75) is 0 Å². The molecule has 0 atom stereocenters. The van der Waals surface area contributed by atoms with Crippen molar-refractivity contribution in [2.75, 3.05) is 0 Å². The summed E-state index contributed by atoms with van der Waals surface area (Å²) >= 11 is 3.73. The van der Waals surface area contributed by atoms with E-state index in [-0.39, 0.29) is 0 Å². The molecule has 532 valence electrons. The first kappa shape index (κ1) is 65.5. The number of para-hydroxylation sites is 4. The Bertz CT molecular complexity index is 7960. The van der Waals surface area contributed by atoms with Gasteiger partial charge in [-0.3, -0.25) is 0 Å². The van der Waals surface area contributed by atoms with Crippen molar-refractivity contribution >= 4 is 150 Å². The summed E-state index contributed by atoms with van der Waals surface area (Å²) in [6.45, 7) is 0. The Morgan fingerprint density at radius 3 is 0.886 bits per heavy atom. The van der Waals surface area contributed by atoms with E-state index in [9.17, 15) is 0 Å². The quantitative estimate of drug-likeness (QED) is 0.130. The predicted octanol–water partition coefficient (Wildman–Crippen LogP) is 30.5. The van der Waals surface area contributed by atoms with Gasteiger partial charge in [-0.15, -0.1) is 22.7 Å². The van der Waals surface area contributed by atoms with Gasteiger partial charge in [0, 0.05) is 106 Å². The summed E-state index contributed by atoms with van der Waals surface area (Å²) in [5.41, 5.74) is 29.0. The SMILES string of the molecule is c1ccc(-c2ccc(-n3c4ccccc4c4cc(-c5ccc6c(c5)c5ccccc5n6-c5cccc(-c6ccc7sc8ccccc8c7c6)c5)ccc43)cc2)cc1.c1ccc(-c2cccc(-n3c4ccccc4c4cc(-c5ccc6c(c5)c5ccccc5n6-c5ccc(-c6cccc7sc8ccccc8c67)cc5)ccc43)c2)cc1. The molecule has 6 heteroatoms. The monoisotopic (exact) mass is 1480 g/mol. The van der Waals surface area contributed by atoms with Gasteiger partial charge in [-0.2, -0.15) is 0 Å². The summed E-state index contributed by atoms with van der Waals surface area (Å²) in [6.07, 6.45) is 0. The van der Waals surface area contributed by atoms with Crippen molar-refractivity contribution < 1.29 is 0 Å². The molecule has 0 saturated carbocycles. The first-order valence-corrected chi connectivity index (χ1v) is 40.6. The van der Waals surface area contributed by atoms with E-state index in [1.54, 1.807) is 0 Å². The minimum absolute atomic E-state index is 1.16. The van der Waals surface area contributed by atoms with Gasteiger partial charge in [-0.25, -0.2) is 0 Å². The standard InChI is InChI=1S/2C54H34N2S/c1-2-12-35(13-3-1)37-14-10-15-41(32-37)56-49-21-8-5-17-44(49)47-34-39(27-31-51(47)56)38-26-30-50-46(33-38)43-16-4-7-20-48(43)55(50)40-28-24-36(25-29-40)42-19-11-23-53-54(42)45-18-6-9-22-52(45)57-53;1-2-11-35(12-3-1)36-21-26-41(27-22-36)55-49-18-7-4-15-43(49)46-32-38(23-28-51(46)55)39-24-29-52-47(33-39)44-16-5-8-19-50(44)56(52)42-14-10-13-37(31-42)40-25-30-54-48(34-40)45-17-6-9-20-53(45)57-54/h2*1-34H. The van der Waals surface area contributed by atoms with Gasteiger partial charge in [0.2, 0.25) is 0 Å². The number of hydrogen-bond acceptors (Lipinski definition) is 2. The van der Waals surface area contributed by atoms with E-state index >= 15 is 0 Å². The van der Waals surface area contributed by atoms with Crippen molar-refractivity contribution in [1.82, 2.24) is 18.3 Å². The number of thiophene rings is 2. The smallest absolute Gasteiger partial charge is 0.0541 e.